The molecule has 1 atom stereocenters. The topological polar surface area (TPSA) is 122 Å². The Hall–Kier alpha value is -3.30. The highest BCUT2D eigenvalue weighted by Gasteiger charge is 2.65. The predicted octanol–water partition coefficient (Wildman–Crippen LogP) is 6.51. The van der Waals surface area contributed by atoms with Crippen molar-refractivity contribution >= 4 is 16.3 Å². The van der Waals surface area contributed by atoms with Crippen molar-refractivity contribution in [1.29, 1.82) is 0 Å². The van der Waals surface area contributed by atoms with Crippen molar-refractivity contribution in [2.24, 2.45) is 5.41 Å². The number of amides is 1. The van der Waals surface area contributed by atoms with Gasteiger partial charge in [-0.1, -0.05) is 43.6 Å². The van der Waals surface area contributed by atoms with Gasteiger partial charge in [-0.15, -0.1) is 0 Å². The second-order valence-electron chi connectivity index (χ2n) is 12.0. The number of pyridine rings is 1. The molecule has 1 amide bonds. The predicted molar refractivity (Wildman–Crippen MR) is 140 cm³/mol. The molecule has 1 saturated heterocycles. The molecule has 0 bridgehead atoms. The van der Waals surface area contributed by atoms with Crippen molar-refractivity contribution < 1.29 is 43.7 Å². The van der Waals surface area contributed by atoms with E-state index in [1.54, 1.807) is 27.7 Å². The highest BCUT2D eigenvalue weighted by Crippen LogP contribution is 3.02. The van der Waals surface area contributed by atoms with E-state index < -0.39 is 43.4 Å². The molecule has 0 radical (unpaired) electrons. The summed E-state index contributed by atoms with van der Waals surface area (Å²) in [5, 5.41) is 26.3. The summed E-state index contributed by atoms with van der Waals surface area (Å²) in [5.74, 6) is -0.0945. The minimum atomic E-state index is -9.98. The number of aliphatic hydroxyl groups is 2. The SMILES string of the molecule is CC(C)(C)OC(=O)N1CC(C)(C(O)(c2ccc(S(F)(F)(F)(F)F)cc2)c2cncc(-c3noc(C(C)(C)O)n3)c2)C1. The second-order valence-corrected chi connectivity index (χ2v) is 14.5. The van der Waals surface area contributed by atoms with Crippen molar-refractivity contribution in [1.82, 2.24) is 20.0 Å². The summed E-state index contributed by atoms with van der Waals surface area (Å²) >= 11 is 0. The van der Waals surface area contributed by atoms with Gasteiger partial charge in [0.1, 0.15) is 21.7 Å². The Labute approximate surface area is 233 Å². The number of carbonyl (C=O) groups is 1. The molecule has 0 aliphatic carbocycles. The maximum absolute atomic E-state index is 13.4. The van der Waals surface area contributed by atoms with E-state index in [9.17, 15) is 34.4 Å². The molecule has 1 aliphatic rings. The highest BCUT2D eigenvalue weighted by atomic mass is 32.5. The lowest BCUT2D eigenvalue weighted by molar-refractivity contribution is -0.131. The van der Waals surface area contributed by atoms with Crippen molar-refractivity contribution in [3.05, 3.63) is 59.7 Å². The van der Waals surface area contributed by atoms with E-state index in [2.05, 4.69) is 15.1 Å². The Morgan fingerprint density at radius 1 is 1.00 bits per heavy atom. The summed E-state index contributed by atoms with van der Waals surface area (Å²) < 4.78 is 77.7. The average Bonchev–Trinajstić information content (AvgIpc) is 3.30. The van der Waals surface area contributed by atoms with Crippen molar-refractivity contribution in [2.45, 2.75) is 63.2 Å². The van der Waals surface area contributed by atoms with Gasteiger partial charge in [-0.05, 0) is 58.4 Å². The molecule has 1 aliphatic heterocycles. The van der Waals surface area contributed by atoms with Crippen LogP contribution in [0.15, 0.2) is 52.1 Å². The van der Waals surface area contributed by atoms with Crippen LogP contribution in [0, 0.1) is 5.41 Å². The van der Waals surface area contributed by atoms with E-state index in [1.165, 1.54) is 37.2 Å². The second kappa shape index (κ2) is 8.61. The lowest BCUT2D eigenvalue weighted by Gasteiger charge is -2.56. The first-order valence-electron chi connectivity index (χ1n) is 12.4. The Morgan fingerprint density at radius 2 is 1.59 bits per heavy atom. The Kier molecular flexibility index (Phi) is 6.44. The Bertz CT molecular complexity index is 1480. The Balaban J connectivity index is 1.80. The third kappa shape index (κ3) is 6.02. The zero-order valence-electron chi connectivity index (χ0n) is 23.2. The van der Waals surface area contributed by atoms with Crippen LogP contribution in [-0.4, -0.2) is 55.0 Å². The van der Waals surface area contributed by atoms with Gasteiger partial charge in [-0.3, -0.25) is 4.98 Å². The smallest absolute Gasteiger partial charge is 0.410 e. The van der Waals surface area contributed by atoms with Gasteiger partial charge in [-0.25, -0.2) is 4.79 Å². The zero-order valence-corrected chi connectivity index (χ0v) is 24.0. The van der Waals surface area contributed by atoms with Crippen molar-refractivity contribution in [2.75, 3.05) is 13.1 Å². The Morgan fingerprint density at radius 3 is 2.07 bits per heavy atom. The number of aromatic nitrogens is 3. The fraction of sp³-hybridized carbons (Fsp3) is 0.462. The monoisotopic (exact) mass is 606 g/mol. The van der Waals surface area contributed by atoms with Crippen LogP contribution in [0.3, 0.4) is 0 Å². The van der Waals surface area contributed by atoms with E-state index >= 15 is 0 Å². The number of carbonyl (C=O) groups excluding carboxylic acids is 1. The maximum atomic E-state index is 13.4. The number of hydrogen-bond donors (Lipinski definition) is 2. The first-order valence-corrected chi connectivity index (χ1v) is 14.3. The molecule has 4 rings (SSSR count). The van der Waals surface area contributed by atoms with Gasteiger partial charge < -0.3 is 24.4 Å². The molecule has 0 saturated carbocycles. The number of rotatable bonds is 6. The largest absolute Gasteiger partial charge is 0.444 e. The molecule has 41 heavy (non-hydrogen) atoms. The molecule has 0 spiro atoms. The van der Waals surface area contributed by atoms with Gasteiger partial charge in [0.05, 0.1) is 0 Å². The van der Waals surface area contributed by atoms with Crippen LogP contribution < -0.4 is 0 Å². The summed E-state index contributed by atoms with van der Waals surface area (Å²) in [6.45, 7) is 9.33. The van der Waals surface area contributed by atoms with Crippen molar-refractivity contribution in [3.63, 3.8) is 0 Å². The van der Waals surface area contributed by atoms with E-state index in [-0.39, 0.29) is 53.6 Å². The summed E-state index contributed by atoms with van der Waals surface area (Å²) in [7, 11) is -9.98. The van der Waals surface area contributed by atoms with Crippen LogP contribution in [0.4, 0.5) is 24.2 Å². The highest BCUT2D eigenvalue weighted by molar-refractivity contribution is 8.45. The van der Waals surface area contributed by atoms with Gasteiger partial charge in [-0.2, -0.15) is 4.98 Å². The van der Waals surface area contributed by atoms with Crippen LogP contribution in [0.1, 0.15) is 58.6 Å². The quantitative estimate of drug-likeness (QED) is 0.305. The van der Waals surface area contributed by atoms with E-state index in [0.717, 1.165) is 12.1 Å². The molecule has 2 N–H and O–H groups in total. The molecular weight excluding hydrogens is 575 g/mol. The minimum absolute atomic E-state index is 0.00392. The summed E-state index contributed by atoms with van der Waals surface area (Å²) in [6, 6.07) is 3.43. The van der Waals surface area contributed by atoms with Crippen LogP contribution in [0.2, 0.25) is 0 Å². The summed E-state index contributed by atoms with van der Waals surface area (Å²) in [6.07, 6.45) is 1.95. The molecule has 9 nitrogen and oxygen atoms in total. The number of halogens is 5. The molecule has 3 aromatic rings. The van der Waals surface area contributed by atoms with Crippen molar-refractivity contribution in [3.8, 4) is 11.4 Å². The number of hydrogen-bond acceptors (Lipinski definition) is 8. The van der Waals surface area contributed by atoms with Gasteiger partial charge >= 0.3 is 16.3 Å². The minimum Gasteiger partial charge on any atom is -0.444 e. The molecule has 1 fully saturated rings. The summed E-state index contributed by atoms with van der Waals surface area (Å²) in [5.41, 5.74) is -5.45. The number of nitrogens with zero attached hydrogens (tertiary/aromatic N) is 4. The zero-order chi connectivity index (χ0) is 30.9. The van der Waals surface area contributed by atoms with Crippen LogP contribution >= 0.6 is 10.2 Å². The standard InChI is InChI=1S/C26H31F5N4O5S/c1-23(2,3)39-22(36)35-14-25(6,15-35)26(38,17-7-9-19(10-8-17)41(27,28,29,30)31)18-11-16(12-32-13-18)20-33-21(40-34-20)24(4,5)37/h7-13,37-38H,14-15H2,1-6H3. The van der Waals surface area contributed by atoms with E-state index in [1.807, 2.05) is 0 Å². The number of benzene rings is 1. The first-order chi connectivity index (χ1) is 18.3. The van der Waals surface area contributed by atoms with Gasteiger partial charge in [0.15, 0.2) is 0 Å². The molecule has 1 aromatic carbocycles. The molecule has 2 aromatic heterocycles. The average molecular weight is 607 g/mol. The lowest BCUT2D eigenvalue weighted by Crippen LogP contribution is -2.66. The molecule has 226 valence electrons. The van der Waals surface area contributed by atoms with Gasteiger partial charge in [0.2, 0.25) is 5.82 Å². The van der Waals surface area contributed by atoms with Gasteiger partial charge in [0, 0.05) is 42.0 Å². The van der Waals surface area contributed by atoms with E-state index in [0.29, 0.717) is 0 Å². The fourth-order valence-corrected chi connectivity index (χ4v) is 5.30. The number of likely N-dealkylation sites (tertiary alicyclic amines) is 1. The summed E-state index contributed by atoms with van der Waals surface area (Å²) in [4.78, 5) is 20.1. The first kappa shape index (κ1) is 30.7. The molecule has 3 heterocycles. The molecular formula is C26H31F5N4O5S. The molecule has 1 unspecified atom stereocenters. The van der Waals surface area contributed by atoms with E-state index in [4.69, 9.17) is 9.26 Å². The van der Waals surface area contributed by atoms with Crippen LogP contribution in [0.5, 0.6) is 0 Å². The van der Waals surface area contributed by atoms with Gasteiger partial charge in [0.25, 0.3) is 5.89 Å². The maximum Gasteiger partial charge on any atom is 0.410 e. The third-order valence-corrected chi connectivity index (χ3v) is 7.85. The lowest BCUT2D eigenvalue weighted by atomic mass is 9.62. The third-order valence-electron chi connectivity index (χ3n) is 6.69. The number of ether oxygens (including phenoxy) is 1. The van der Waals surface area contributed by atoms with Crippen LogP contribution in [-0.2, 0) is 15.9 Å². The van der Waals surface area contributed by atoms with Crippen LogP contribution in [0.25, 0.3) is 11.4 Å². The fourth-order valence-electron chi connectivity index (χ4n) is 4.65. The normalized spacial score (nSPS) is 19.0. The molecule has 15 heteroatoms.